The lowest BCUT2D eigenvalue weighted by Crippen LogP contribution is -2.47. The number of rotatable bonds is 4. The topological polar surface area (TPSA) is 74.3 Å². The van der Waals surface area contributed by atoms with E-state index in [0.717, 1.165) is 28.6 Å². The fraction of sp³-hybridized carbons (Fsp3) is 0.286. The second kappa shape index (κ2) is 8.39. The van der Waals surface area contributed by atoms with Gasteiger partial charge >= 0.3 is 6.03 Å². The first-order valence-corrected chi connectivity index (χ1v) is 10.3. The summed E-state index contributed by atoms with van der Waals surface area (Å²) in [7, 11) is 0. The van der Waals surface area contributed by atoms with Crippen LogP contribution < -0.4 is 10.6 Å². The molecule has 1 aliphatic heterocycles. The van der Waals surface area contributed by atoms with Gasteiger partial charge < -0.3 is 15.5 Å². The quantitative estimate of drug-likeness (QED) is 0.706. The van der Waals surface area contributed by atoms with Crippen LogP contribution in [0.2, 0.25) is 0 Å². The number of carbonyl (C=O) groups excluding carboxylic acids is 2. The lowest BCUT2D eigenvalue weighted by molar-refractivity contribution is -0.121. The molecule has 0 radical (unpaired) electrons. The Morgan fingerprint density at radius 1 is 1.18 bits per heavy atom. The van der Waals surface area contributed by atoms with Gasteiger partial charge in [-0.25, -0.2) is 4.79 Å². The minimum atomic E-state index is -0.222. The minimum Gasteiger partial charge on any atom is -0.333 e. The number of amides is 3. The molecule has 6 nitrogen and oxygen atoms in total. The van der Waals surface area contributed by atoms with Crippen LogP contribution in [0.1, 0.15) is 17.7 Å². The summed E-state index contributed by atoms with van der Waals surface area (Å²) in [6.07, 6.45) is 3.31. The van der Waals surface area contributed by atoms with Crippen LogP contribution >= 0.6 is 11.3 Å². The largest absolute Gasteiger partial charge is 0.333 e. The Morgan fingerprint density at radius 3 is 2.93 bits per heavy atom. The SMILES string of the molecule is O=C(Nc1cccc2cccnc12)C1CCCN(C(=O)NCc2cccs2)C1. The summed E-state index contributed by atoms with van der Waals surface area (Å²) < 4.78 is 0. The van der Waals surface area contributed by atoms with Gasteiger partial charge in [-0.1, -0.05) is 24.3 Å². The van der Waals surface area contributed by atoms with Crippen LogP contribution in [0.4, 0.5) is 10.5 Å². The first kappa shape index (κ1) is 18.4. The Balaban J connectivity index is 1.38. The predicted octanol–water partition coefficient (Wildman–Crippen LogP) is 3.86. The van der Waals surface area contributed by atoms with Crippen molar-refractivity contribution in [2.45, 2.75) is 19.4 Å². The molecule has 0 spiro atoms. The summed E-state index contributed by atoms with van der Waals surface area (Å²) in [5, 5.41) is 8.93. The molecular formula is C21H22N4O2S. The number of carbonyl (C=O) groups is 2. The Kier molecular flexibility index (Phi) is 5.53. The van der Waals surface area contributed by atoms with Gasteiger partial charge in [-0.2, -0.15) is 0 Å². The number of nitrogens with zero attached hydrogens (tertiary/aromatic N) is 2. The Morgan fingerprint density at radius 2 is 2.07 bits per heavy atom. The number of urea groups is 1. The summed E-state index contributed by atoms with van der Waals surface area (Å²) in [6.45, 7) is 1.63. The zero-order valence-corrected chi connectivity index (χ0v) is 16.2. The van der Waals surface area contributed by atoms with Crippen LogP contribution in [0.15, 0.2) is 54.0 Å². The van der Waals surface area contributed by atoms with Gasteiger partial charge in [-0.15, -0.1) is 11.3 Å². The number of hydrogen-bond acceptors (Lipinski definition) is 4. The van der Waals surface area contributed by atoms with Crippen LogP contribution in [0.3, 0.4) is 0 Å². The van der Waals surface area contributed by atoms with E-state index >= 15 is 0 Å². The second-order valence-corrected chi connectivity index (χ2v) is 7.93. The number of para-hydroxylation sites is 1. The number of pyridine rings is 1. The van der Waals surface area contributed by atoms with E-state index in [0.29, 0.717) is 25.3 Å². The number of anilines is 1. The fourth-order valence-corrected chi connectivity index (χ4v) is 4.15. The lowest BCUT2D eigenvalue weighted by atomic mass is 9.97. The van der Waals surface area contributed by atoms with E-state index < -0.39 is 0 Å². The Hall–Kier alpha value is -2.93. The van der Waals surface area contributed by atoms with Gasteiger partial charge in [0.25, 0.3) is 0 Å². The van der Waals surface area contributed by atoms with Crippen LogP contribution in [0.25, 0.3) is 10.9 Å². The van der Waals surface area contributed by atoms with E-state index in [1.54, 1.807) is 22.4 Å². The van der Waals surface area contributed by atoms with Gasteiger partial charge in [0.2, 0.25) is 5.91 Å². The van der Waals surface area contributed by atoms with Crippen LogP contribution in [-0.4, -0.2) is 34.9 Å². The Labute approximate surface area is 167 Å². The normalized spacial score (nSPS) is 16.7. The molecule has 144 valence electrons. The summed E-state index contributed by atoms with van der Waals surface area (Å²) in [5.41, 5.74) is 1.49. The van der Waals surface area contributed by atoms with Gasteiger partial charge in [-0.05, 0) is 36.4 Å². The molecule has 1 unspecified atom stereocenters. The van der Waals surface area contributed by atoms with Gasteiger partial charge in [0.05, 0.1) is 23.7 Å². The lowest BCUT2D eigenvalue weighted by Gasteiger charge is -2.32. The average molecular weight is 395 g/mol. The van der Waals surface area contributed by atoms with Crippen molar-refractivity contribution in [3.8, 4) is 0 Å². The molecule has 28 heavy (non-hydrogen) atoms. The molecule has 3 amide bonds. The molecule has 0 bridgehead atoms. The molecule has 1 atom stereocenters. The summed E-state index contributed by atoms with van der Waals surface area (Å²) >= 11 is 1.62. The van der Waals surface area contributed by atoms with Crippen LogP contribution in [-0.2, 0) is 11.3 Å². The molecule has 7 heteroatoms. The number of aromatic nitrogens is 1. The molecule has 2 aromatic heterocycles. The summed E-state index contributed by atoms with van der Waals surface area (Å²) in [4.78, 5) is 32.5. The molecule has 4 rings (SSSR count). The van der Waals surface area contributed by atoms with E-state index in [2.05, 4.69) is 15.6 Å². The van der Waals surface area contributed by atoms with Crippen molar-refractivity contribution in [1.82, 2.24) is 15.2 Å². The van der Waals surface area contributed by atoms with Crippen molar-refractivity contribution in [2.24, 2.45) is 5.92 Å². The first-order valence-electron chi connectivity index (χ1n) is 9.40. The molecule has 1 aromatic carbocycles. The molecule has 1 aliphatic rings. The highest BCUT2D eigenvalue weighted by atomic mass is 32.1. The molecule has 2 N–H and O–H groups in total. The standard InChI is InChI=1S/C21H22N4O2S/c26-20(24-18-9-1-5-15-6-2-10-22-19(15)18)16-7-3-11-25(14-16)21(27)23-13-17-8-4-12-28-17/h1-2,4-6,8-10,12,16H,3,7,11,13-14H2,(H,23,27)(H,24,26). The van der Waals surface area contributed by atoms with E-state index in [-0.39, 0.29) is 17.9 Å². The fourth-order valence-electron chi connectivity index (χ4n) is 3.50. The molecule has 3 heterocycles. The van der Waals surface area contributed by atoms with Crippen molar-refractivity contribution in [3.63, 3.8) is 0 Å². The second-order valence-electron chi connectivity index (χ2n) is 6.89. The highest BCUT2D eigenvalue weighted by Gasteiger charge is 2.28. The maximum atomic E-state index is 12.8. The molecule has 1 saturated heterocycles. The van der Waals surface area contributed by atoms with Gasteiger partial charge in [0.15, 0.2) is 0 Å². The van der Waals surface area contributed by atoms with Crippen LogP contribution in [0, 0.1) is 5.92 Å². The van der Waals surface area contributed by atoms with Crippen molar-refractivity contribution in [1.29, 1.82) is 0 Å². The molecule has 3 aromatic rings. The number of likely N-dealkylation sites (tertiary alicyclic amines) is 1. The van der Waals surface area contributed by atoms with Crippen molar-refractivity contribution in [3.05, 3.63) is 58.9 Å². The van der Waals surface area contributed by atoms with Crippen LogP contribution in [0.5, 0.6) is 0 Å². The number of hydrogen-bond donors (Lipinski definition) is 2. The number of thiophene rings is 1. The van der Waals surface area contributed by atoms with Crippen molar-refractivity contribution < 1.29 is 9.59 Å². The van der Waals surface area contributed by atoms with E-state index in [1.807, 2.05) is 47.8 Å². The third-order valence-corrected chi connectivity index (χ3v) is 5.84. The minimum absolute atomic E-state index is 0.0612. The highest BCUT2D eigenvalue weighted by molar-refractivity contribution is 7.09. The number of benzene rings is 1. The summed E-state index contributed by atoms with van der Waals surface area (Å²) in [5.74, 6) is -0.283. The van der Waals surface area contributed by atoms with E-state index in [4.69, 9.17) is 0 Å². The number of nitrogens with one attached hydrogen (secondary N) is 2. The average Bonchev–Trinajstić information content (AvgIpc) is 3.26. The van der Waals surface area contributed by atoms with Crippen molar-refractivity contribution in [2.75, 3.05) is 18.4 Å². The smallest absolute Gasteiger partial charge is 0.317 e. The maximum absolute atomic E-state index is 12.8. The van der Waals surface area contributed by atoms with Gasteiger partial charge in [0, 0.05) is 29.5 Å². The number of piperidine rings is 1. The highest BCUT2D eigenvalue weighted by Crippen LogP contribution is 2.23. The first-order chi connectivity index (χ1) is 13.7. The molecule has 1 fully saturated rings. The summed E-state index contributed by atoms with van der Waals surface area (Å²) in [6, 6.07) is 13.4. The van der Waals surface area contributed by atoms with E-state index in [1.165, 1.54) is 0 Å². The third kappa shape index (κ3) is 4.14. The third-order valence-electron chi connectivity index (χ3n) is 4.96. The Bertz CT molecular complexity index is 968. The molecular weight excluding hydrogens is 372 g/mol. The van der Waals surface area contributed by atoms with Crippen molar-refractivity contribution >= 4 is 39.9 Å². The monoisotopic (exact) mass is 394 g/mol. The predicted molar refractivity (Wildman–Crippen MR) is 111 cm³/mol. The van der Waals surface area contributed by atoms with E-state index in [9.17, 15) is 9.59 Å². The zero-order valence-electron chi connectivity index (χ0n) is 15.4. The molecule has 0 aliphatic carbocycles. The molecule has 0 saturated carbocycles. The number of fused-ring (bicyclic) bond motifs is 1. The van der Waals surface area contributed by atoms with Gasteiger partial charge in [0.1, 0.15) is 0 Å². The zero-order chi connectivity index (χ0) is 19.3. The van der Waals surface area contributed by atoms with Gasteiger partial charge in [-0.3, -0.25) is 9.78 Å². The maximum Gasteiger partial charge on any atom is 0.317 e.